The van der Waals surface area contributed by atoms with Crippen molar-refractivity contribution in [3.63, 3.8) is 0 Å². The van der Waals surface area contributed by atoms with E-state index in [9.17, 15) is 13.2 Å². The molecule has 0 bridgehead atoms. The zero-order valence-electron chi connectivity index (χ0n) is 12.3. The Hall–Kier alpha value is -0.660. The van der Waals surface area contributed by atoms with Gasteiger partial charge in [0.05, 0.1) is 4.88 Å². The summed E-state index contributed by atoms with van der Waals surface area (Å²) in [7, 11) is 3.22. The van der Waals surface area contributed by atoms with Crippen LogP contribution >= 0.6 is 11.3 Å². The van der Waals surface area contributed by atoms with Gasteiger partial charge in [0.25, 0.3) is 0 Å². The standard InChI is InChI=1S/C14H21F3N2OS/c1-18-9-10-11(14(15,16)17)19-12(21-10)13(20-2)7-5-3-4-6-8-13/h18H,3-9H2,1-2H3. The first kappa shape index (κ1) is 16.7. The summed E-state index contributed by atoms with van der Waals surface area (Å²) in [5.41, 5.74) is -1.41. The van der Waals surface area contributed by atoms with E-state index < -0.39 is 17.5 Å². The first-order chi connectivity index (χ1) is 9.93. The third kappa shape index (κ3) is 3.57. The van der Waals surface area contributed by atoms with Gasteiger partial charge < -0.3 is 10.1 Å². The second kappa shape index (κ2) is 6.62. The van der Waals surface area contributed by atoms with Crippen LogP contribution in [-0.4, -0.2) is 19.1 Å². The average Bonchev–Trinajstić information content (AvgIpc) is 2.71. The van der Waals surface area contributed by atoms with Crippen molar-refractivity contribution >= 4 is 11.3 Å². The van der Waals surface area contributed by atoms with Crippen molar-refractivity contribution in [1.29, 1.82) is 0 Å². The number of aromatic nitrogens is 1. The lowest BCUT2D eigenvalue weighted by molar-refractivity contribution is -0.141. The highest BCUT2D eigenvalue weighted by molar-refractivity contribution is 7.11. The van der Waals surface area contributed by atoms with E-state index in [0.717, 1.165) is 49.9 Å². The van der Waals surface area contributed by atoms with E-state index in [1.807, 2.05) is 0 Å². The highest BCUT2D eigenvalue weighted by Crippen LogP contribution is 2.44. The van der Waals surface area contributed by atoms with Crippen LogP contribution in [0.15, 0.2) is 0 Å². The Morgan fingerprint density at radius 3 is 2.33 bits per heavy atom. The van der Waals surface area contributed by atoms with Crippen LogP contribution in [0.5, 0.6) is 0 Å². The number of methoxy groups -OCH3 is 1. The molecule has 1 heterocycles. The van der Waals surface area contributed by atoms with Crippen molar-refractivity contribution in [1.82, 2.24) is 10.3 Å². The molecular weight excluding hydrogens is 301 g/mol. The molecule has 0 unspecified atom stereocenters. The topological polar surface area (TPSA) is 34.1 Å². The molecule has 0 saturated heterocycles. The van der Waals surface area contributed by atoms with Crippen molar-refractivity contribution in [3.8, 4) is 0 Å². The van der Waals surface area contributed by atoms with Gasteiger partial charge in [0.15, 0.2) is 5.69 Å². The number of alkyl halides is 3. The van der Waals surface area contributed by atoms with Crippen LogP contribution in [0.1, 0.15) is 54.1 Å². The van der Waals surface area contributed by atoms with Crippen molar-refractivity contribution in [3.05, 3.63) is 15.6 Å². The summed E-state index contributed by atoms with van der Waals surface area (Å²) in [5.74, 6) is 0. The van der Waals surface area contributed by atoms with E-state index in [1.165, 1.54) is 0 Å². The number of ether oxygens (including phenoxy) is 1. The molecule has 0 radical (unpaired) electrons. The summed E-state index contributed by atoms with van der Waals surface area (Å²) in [6.07, 6.45) is 1.21. The quantitative estimate of drug-likeness (QED) is 0.848. The molecule has 120 valence electrons. The maximum Gasteiger partial charge on any atom is 0.434 e. The molecule has 1 fully saturated rings. The Kier molecular flexibility index (Phi) is 5.27. The lowest BCUT2D eigenvalue weighted by atomic mass is 9.95. The van der Waals surface area contributed by atoms with E-state index in [0.29, 0.717) is 5.01 Å². The van der Waals surface area contributed by atoms with Gasteiger partial charge in [-0.3, -0.25) is 0 Å². The van der Waals surface area contributed by atoms with E-state index >= 15 is 0 Å². The van der Waals surface area contributed by atoms with Crippen molar-refractivity contribution < 1.29 is 17.9 Å². The molecule has 0 aromatic carbocycles. The minimum absolute atomic E-state index is 0.173. The number of halogens is 3. The summed E-state index contributed by atoms with van der Waals surface area (Å²) in [6, 6.07) is 0. The summed E-state index contributed by atoms with van der Waals surface area (Å²) in [6.45, 7) is 0.173. The van der Waals surface area contributed by atoms with Crippen molar-refractivity contribution in [2.45, 2.75) is 56.8 Å². The summed E-state index contributed by atoms with van der Waals surface area (Å²) in [4.78, 5) is 4.17. The fraction of sp³-hybridized carbons (Fsp3) is 0.786. The van der Waals surface area contributed by atoms with Gasteiger partial charge in [0.2, 0.25) is 0 Å². The summed E-state index contributed by atoms with van der Waals surface area (Å²) < 4.78 is 45.1. The van der Waals surface area contributed by atoms with E-state index in [2.05, 4.69) is 10.3 Å². The Labute approximate surface area is 126 Å². The van der Waals surface area contributed by atoms with Gasteiger partial charge in [-0.25, -0.2) is 4.98 Å². The molecule has 7 heteroatoms. The van der Waals surface area contributed by atoms with Gasteiger partial charge in [0, 0.05) is 13.7 Å². The Morgan fingerprint density at radius 1 is 1.24 bits per heavy atom. The van der Waals surface area contributed by atoms with Crippen LogP contribution in [0.25, 0.3) is 0 Å². The van der Waals surface area contributed by atoms with Crippen LogP contribution in [-0.2, 0) is 23.1 Å². The van der Waals surface area contributed by atoms with Gasteiger partial charge in [-0.1, -0.05) is 25.7 Å². The third-order valence-electron chi connectivity index (χ3n) is 3.99. The zero-order valence-corrected chi connectivity index (χ0v) is 13.2. The second-order valence-electron chi connectivity index (χ2n) is 5.43. The first-order valence-electron chi connectivity index (χ1n) is 7.20. The molecule has 1 saturated carbocycles. The molecule has 3 nitrogen and oxygen atoms in total. The molecule has 1 aromatic rings. The maximum absolute atomic E-state index is 13.1. The number of nitrogens with one attached hydrogen (secondary N) is 1. The Balaban J connectivity index is 2.41. The van der Waals surface area contributed by atoms with Crippen LogP contribution in [0.2, 0.25) is 0 Å². The predicted molar refractivity (Wildman–Crippen MR) is 76.3 cm³/mol. The minimum atomic E-state index is -4.42. The fourth-order valence-electron chi connectivity index (χ4n) is 2.85. The summed E-state index contributed by atoms with van der Waals surface area (Å²) in [5, 5.41) is 3.26. The fourth-order valence-corrected chi connectivity index (χ4v) is 4.17. The van der Waals surface area contributed by atoms with E-state index in [-0.39, 0.29) is 11.4 Å². The molecule has 1 aliphatic carbocycles. The number of hydrogen-bond donors (Lipinski definition) is 1. The highest BCUT2D eigenvalue weighted by Gasteiger charge is 2.42. The minimum Gasteiger partial charge on any atom is -0.371 e. The molecule has 1 N–H and O–H groups in total. The largest absolute Gasteiger partial charge is 0.434 e. The first-order valence-corrected chi connectivity index (χ1v) is 8.02. The number of thiazole rings is 1. The van der Waals surface area contributed by atoms with Crippen molar-refractivity contribution in [2.75, 3.05) is 14.2 Å². The van der Waals surface area contributed by atoms with Gasteiger partial charge in [-0.15, -0.1) is 11.3 Å². The van der Waals surface area contributed by atoms with Gasteiger partial charge in [-0.05, 0) is 19.9 Å². The molecule has 0 atom stereocenters. The van der Waals surface area contributed by atoms with Crippen LogP contribution in [0.4, 0.5) is 13.2 Å². The van der Waals surface area contributed by atoms with Gasteiger partial charge in [0.1, 0.15) is 10.6 Å². The molecular formula is C14H21F3N2OS. The maximum atomic E-state index is 13.1. The Morgan fingerprint density at radius 2 is 1.86 bits per heavy atom. The second-order valence-corrected chi connectivity index (χ2v) is 6.52. The molecule has 1 aromatic heterocycles. The van der Waals surface area contributed by atoms with Crippen LogP contribution in [0.3, 0.4) is 0 Å². The van der Waals surface area contributed by atoms with Crippen LogP contribution < -0.4 is 5.32 Å². The molecule has 0 amide bonds. The zero-order chi connectivity index (χ0) is 15.5. The Bertz CT molecular complexity index is 465. The number of hydrogen-bond acceptors (Lipinski definition) is 4. The molecule has 21 heavy (non-hydrogen) atoms. The van der Waals surface area contributed by atoms with E-state index in [1.54, 1.807) is 14.2 Å². The lowest BCUT2D eigenvalue weighted by Gasteiger charge is -2.29. The van der Waals surface area contributed by atoms with Gasteiger partial charge >= 0.3 is 6.18 Å². The smallest absolute Gasteiger partial charge is 0.371 e. The molecule has 0 spiro atoms. The SMILES string of the molecule is CNCc1sc(C2(OC)CCCCCC2)nc1C(F)(F)F. The molecule has 1 aliphatic rings. The predicted octanol–water partition coefficient (Wildman–Crippen LogP) is 4.08. The highest BCUT2D eigenvalue weighted by atomic mass is 32.1. The molecule has 0 aliphatic heterocycles. The monoisotopic (exact) mass is 322 g/mol. The number of rotatable bonds is 4. The normalized spacial score (nSPS) is 19.5. The molecule has 2 rings (SSSR count). The van der Waals surface area contributed by atoms with Crippen molar-refractivity contribution in [2.24, 2.45) is 0 Å². The van der Waals surface area contributed by atoms with Crippen LogP contribution in [0, 0.1) is 0 Å². The third-order valence-corrected chi connectivity index (χ3v) is 5.24. The summed E-state index contributed by atoms with van der Waals surface area (Å²) >= 11 is 1.13. The number of nitrogens with zero attached hydrogens (tertiary/aromatic N) is 1. The van der Waals surface area contributed by atoms with E-state index in [4.69, 9.17) is 4.74 Å². The lowest BCUT2D eigenvalue weighted by Crippen LogP contribution is -2.28. The average molecular weight is 322 g/mol. The van der Waals surface area contributed by atoms with Gasteiger partial charge in [-0.2, -0.15) is 13.2 Å².